The van der Waals surface area contributed by atoms with Gasteiger partial charge in [-0.05, 0) is 48.6 Å². The number of aromatic nitrogens is 1. The predicted octanol–water partition coefficient (Wildman–Crippen LogP) is 3.87. The van der Waals surface area contributed by atoms with Crippen molar-refractivity contribution in [3.05, 3.63) is 24.0 Å². The van der Waals surface area contributed by atoms with Crippen molar-refractivity contribution in [1.29, 1.82) is 0 Å². The van der Waals surface area contributed by atoms with E-state index in [9.17, 15) is 0 Å². The van der Waals surface area contributed by atoms with Crippen LogP contribution in [0.15, 0.2) is 18.5 Å². The lowest BCUT2D eigenvalue weighted by atomic mass is 9.63. The minimum Gasteiger partial charge on any atom is -0.492 e. The molecule has 2 unspecified atom stereocenters. The van der Waals surface area contributed by atoms with Gasteiger partial charge in [-0.1, -0.05) is 27.7 Å². The molecule has 0 spiro atoms. The minimum atomic E-state index is -0.278. The first-order chi connectivity index (χ1) is 9.35. The van der Waals surface area contributed by atoms with Crippen molar-refractivity contribution >= 4 is 0 Å². The fourth-order valence-electron chi connectivity index (χ4n) is 3.85. The minimum absolute atomic E-state index is 0.278. The molecule has 2 atom stereocenters. The zero-order valence-corrected chi connectivity index (χ0v) is 13.3. The fraction of sp³-hybridized carbons (Fsp3) is 0.706. The lowest BCUT2D eigenvalue weighted by Crippen LogP contribution is -2.46. The smallest absolute Gasteiger partial charge is 0.137 e. The van der Waals surface area contributed by atoms with Crippen molar-refractivity contribution in [3.63, 3.8) is 0 Å². The zero-order valence-electron chi connectivity index (χ0n) is 13.3. The molecular weight excluding hydrogens is 248 g/mol. The number of rotatable bonds is 4. The summed E-state index contributed by atoms with van der Waals surface area (Å²) in [7, 11) is 0. The Bertz CT molecular complexity index is 458. The van der Waals surface area contributed by atoms with Gasteiger partial charge in [-0.2, -0.15) is 0 Å². The maximum Gasteiger partial charge on any atom is 0.137 e. The Morgan fingerprint density at radius 3 is 2.75 bits per heavy atom. The predicted molar refractivity (Wildman–Crippen MR) is 82.7 cm³/mol. The van der Waals surface area contributed by atoms with Gasteiger partial charge in [0.1, 0.15) is 5.75 Å². The van der Waals surface area contributed by atoms with E-state index in [-0.39, 0.29) is 11.0 Å². The van der Waals surface area contributed by atoms with E-state index in [0.29, 0.717) is 5.92 Å². The summed E-state index contributed by atoms with van der Waals surface area (Å²) in [5.41, 5.74) is 7.87. The quantitative estimate of drug-likeness (QED) is 0.908. The van der Waals surface area contributed by atoms with Crippen molar-refractivity contribution in [2.24, 2.45) is 17.1 Å². The third-order valence-electron chi connectivity index (χ3n) is 4.17. The fourth-order valence-corrected chi connectivity index (χ4v) is 3.85. The van der Waals surface area contributed by atoms with Crippen LogP contribution in [0.25, 0.3) is 0 Å². The van der Waals surface area contributed by atoms with Gasteiger partial charge in [-0.15, -0.1) is 0 Å². The van der Waals surface area contributed by atoms with Crippen molar-refractivity contribution in [1.82, 2.24) is 4.98 Å². The molecule has 1 aromatic heterocycles. The third-order valence-corrected chi connectivity index (χ3v) is 4.17. The number of nitrogens with zero attached hydrogens (tertiary/aromatic N) is 1. The monoisotopic (exact) mass is 276 g/mol. The van der Waals surface area contributed by atoms with Crippen LogP contribution in [-0.4, -0.2) is 11.6 Å². The lowest BCUT2D eigenvalue weighted by molar-refractivity contribution is 0.107. The molecule has 1 aliphatic rings. The molecule has 2 N–H and O–H groups in total. The van der Waals surface area contributed by atoms with E-state index in [1.54, 1.807) is 6.20 Å². The van der Waals surface area contributed by atoms with Crippen LogP contribution in [0.1, 0.15) is 58.9 Å². The molecule has 112 valence electrons. The molecule has 0 radical (unpaired) electrons. The number of nitrogens with two attached hydrogens (primary N) is 1. The van der Waals surface area contributed by atoms with Gasteiger partial charge in [0.2, 0.25) is 0 Å². The summed E-state index contributed by atoms with van der Waals surface area (Å²) in [6.45, 7) is 9.76. The summed E-state index contributed by atoms with van der Waals surface area (Å²) in [5, 5.41) is 0. The van der Waals surface area contributed by atoms with Crippen molar-refractivity contribution < 1.29 is 4.74 Å². The van der Waals surface area contributed by atoms with Gasteiger partial charge < -0.3 is 10.5 Å². The second-order valence-electron chi connectivity index (χ2n) is 7.27. The molecule has 0 aromatic carbocycles. The maximum absolute atomic E-state index is 6.75. The van der Waals surface area contributed by atoms with Crippen LogP contribution in [0.3, 0.4) is 0 Å². The van der Waals surface area contributed by atoms with E-state index in [2.05, 4.69) is 38.7 Å². The Balaban J connectivity index is 2.24. The molecule has 0 bridgehead atoms. The van der Waals surface area contributed by atoms with Crippen LogP contribution < -0.4 is 10.5 Å². The molecule has 1 aliphatic carbocycles. The second-order valence-corrected chi connectivity index (χ2v) is 7.27. The first kappa shape index (κ1) is 15.3. The van der Waals surface area contributed by atoms with Crippen LogP contribution >= 0.6 is 0 Å². The molecule has 20 heavy (non-hydrogen) atoms. The van der Waals surface area contributed by atoms with Crippen LogP contribution in [0, 0.1) is 11.3 Å². The van der Waals surface area contributed by atoms with E-state index in [4.69, 9.17) is 10.5 Å². The van der Waals surface area contributed by atoms with Gasteiger partial charge in [-0.3, -0.25) is 4.98 Å². The highest BCUT2D eigenvalue weighted by molar-refractivity contribution is 5.30. The number of hydrogen-bond donors (Lipinski definition) is 1. The Kier molecular flexibility index (Phi) is 4.38. The normalized spacial score (nSPS) is 29.1. The van der Waals surface area contributed by atoms with E-state index in [1.807, 2.05) is 6.20 Å². The average Bonchev–Trinajstić information content (AvgIpc) is 2.34. The Morgan fingerprint density at radius 1 is 1.35 bits per heavy atom. The van der Waals surface area contributed by atoms with E-state index >= 15 is 0 Å². The topological polar surface area (TPSA) is 48.1 Å². The van der Waals surface area contributed by atoms with Crippen molar-refractivity contribution in [2.75, 3.05) is 6.61 Å². The Labute approximate surface area is 122 Å². The van der Waals surface area contributed by atoms with Gasteiger partial charge >= 0.3 is 0 Å². The summed E-state index contributed by atoms with van der Waals surface area (Å²) in [6.07, 6.45) is 7.96. The van der Waals surface area contributed by atoms with Gasteiger partial charge in [-0.25, -0.2) is 0 Å². The van der Waals surface area contributed by atoms with E-state index in [1.165, 1.54) is 6.42 Å². The zero-order chi connectivity index (χ0) is 14.8. The first-order valence-electron chi connectivity index (χ1n) is 7.72. The highest BCUT2D eigenvalue weighted by Crippen LogP contribution is 2.47. The Morgan fingerprint density at radius 2 is 2.10 bits per heavy atom. The number of hydrogen-bond acceptors (Lipinski definition) is 3. The Hall–Kier alpha value is -1.09. The molecule has 3 heteroatoms. The van der Waals surface area contributed by atoms with E-state index in [0.717, 1.165) is 37.2 Å². The summed E-state index contributed by atoms with van der Waals surface area (Å²) in [4.78, 5) is 4.33. The molecule has 0 saturated heterocycles. The maximum atomic E-state index is 6.75. The summed E-state index contributed by atoms with van der Waals surface area (Å²) in [6, 6.07) is 2.08. The molecular formula is C17H28N2O. The summed E-state index contributed by atoms with van der Waals surface area (Å²) < 4.78 is 5.69. The molecule has 3 nitrogen and oxygen atoms in total. The first-order valence-corrected chi connectivity index (χ1v) is 7.72. The van der Waals surface area contributed by atoms with Gasteiger partial charge in [0.25, 0.3) is 0 Å². The molecule has 1 aromatic rings. The van der Waals surface area contributed by atoms with Crippen LogP contribution in [0.2, 0.25) is 0 Å². The molecule has 0 amide bonds. The molecule has 1 saturated carbocycles. The third kappa shape index (κ3) is 3.51. The molecule has 2 rings (SSSR count). The second kappa shape index (κ2) is 5.72. The molecule has 1 fully saturated rings. The lowest BCUT2D eigenvalue weighted by Gasteiger charge is -2.45. The van der Waals surface area contributed by atoms with Gasteiger partial charge in [0.05, 0.1) is 12.8 Å². The summed E-state index contributed by atoms with van der Waals surface area (Å²) in [5.74, 6) is 1.48. The summed E-state index contributed by atoms with van der Waals surface area (Å²) >= 11 is 0. The molecule has 0 aliphatic heterocycles. The van der Waals surface area contributed by atoms with E-state index < -0.39 is 0 Å². The van der Waals surface area contributed by atoms with Crippen molar-refractivity contribution in [2.45, 2.75) is 58.9 Å². The highest BCUT2D eigenvalue weighted by Gasteiger charge is 2.41. The van der Waals surface area contributed by atoms with Crippen LogP contribution in [0.5, 0.6) is 5.75 Å². The van der Waals surface area contributed by atoms with Crippen LogP contribution in [-0.2, 0) is 5.54 Å². The molecule has 1 heterocycles. The van der Waals surface area contributed by atoms with Crippen molar-refractivity contribution in [3.8, 4) is 5.75 Å². The largest absolute Gasteiger partial charge is 0.492 e. The number of ether oxygens (including phenoxy) is 1. The number of pyridine rings is 1. The highest BCUT2D eigenvalue weighted by atomic mass is 16.5. The standard InChI is InChI=1S/C17H28N2O/c1-5-6-20-15-7-14(10-19-11-15)17(18)9-13(2)8-16(3,4)12-17/h7,10-11,13H,5-6,8-9,12,18H2,1-4H3. The SMILES string of the molecule is CCCOc1cncc(C2(N)CC(C)CC(C)(C)C2)c1. The van der Waals surface area contributed by atoms with Crippen LogP contribution in [0.4, 0.5) is 0 Å². The van der Waals surface area contributed by atoms with Gasteiger partial charge in [0, 0.05) is 11.7 Å². The average molecular weight is 276 g/mol. The van der Waals surface area contributed by atoms with Gasteiger partial charge in [0.15, 0.2) is 0 Å².